The van der Waals surface area contributed by atoms with E-state index >= 15 is 0 Å². The molecule has 0 amide bonds. The number of rotatable bonds is 4. The molecule has 0 atom stereocenters. The van der Waals surface area contributed by atoms with Gasteiger partial charge in [-0.1, -0.05) is 36.4 Å². The second-order valence-corrected chi connectivity index (χ2v) is 5.47. The van der Waals surface area contributed by atoms with Gasteiger partial charge >= 0.3 is 0 Å². The Morgan fingerprint density at radius 1 is 1.27 bits per heavy atom. The third-order valence-electron chi connectivity index (χ3n) is 3.86. The summed E-state index contributed by atoms with van der Waals surface area (Å²) in [6.07, 6.45) is 5.48. The minimum atomic E-state index is 0.0681. The first kappa shape index (κ1) is 14.4. The first-order valence-electron chi connectivity index (χ1n) is 7.38. The van der Waals surface area contributed by atoms with Gasteiger partial charge in [0, 0.05) is 23.1 Å². The zero-order valence-corrected chi connectivity index (χ0v) is 12.5. The molecule has 1 heterocycles. The molecule has 0 saturated carbocycles. The Bertz CT molecular complexity index is 727. The summed E-state index contributed by atoms with van der Waals surface area (Å²) in [6, 6.07) is 11.2. The van der Waals surface area contributed by atoms with E-state index in [0.717, 1.165) is 28.9 Å². The van der Waals surface area contributed by atoms with Crippen LogP contribution in [0.3, 0.4) is 0 Å². The van der Waals surface area contributed by atoms with Gasteiger partial charge in [-0.2, -0.15) is 0 Å². The lowest BCUT2D eigenvalue weighted by Gasteiger charge is -2.05. The zero-order chi connectivity index (χ0) is 15.5. The summed E-state index contributed by atoms with van der Waals surface area (Å²) >= 11 is 0. The number of fused-ring (bicyclic) bond motifs is 1. The van der Waals surface area contributed by atoms with E-state index in [-0.39, 0.29) is 5.78 Å². The minimum Gasteiger partial charge on any atom is -0.508 e. The van der Waals surface area contributed by atoms with Crippen molar-refractivity contribution in [1.82, 2.24) is 0 Å². The highest BCUT2D eigenvalue weighted by molar-refractivity contribution is 5.94. The van der Waals surface area contributed by atoms with Crippen LogP contribution in [0.25, 0.3) is 6.08 Å². The fourth-order valence-electron chi connectivity index (χ4n) is 2.57. The van der Waals surface area contributed by atoms with Gasteiger partial charge in [-0.25, -0.2) is 0 Å². The molecule has 1 N–H and O–H groups in total. The fraction of sp³-hybridized carbons (Fsp3) is 0.211. The van der Waals surface area contributed by atoms with Crippen molar-refractivity contribution in [2.24, 2.45) is 0 Å². The number of hydrogen-bond acceptors (Lipinski definition) is 3. The fourth-order valence-corrected chi connectivity index (χ4v) is 2.57. The van der Waals surface area contributed by atoms with Crippen LogP contribution in [-0.4, -0.2) is 17.5 Å². The highest BCUT2D eigenvalue weighted by Crippen LogP contribution is 2.32. The maximum absolute atomic E-state index is 11.2. The second-order valence-electron chi connectivity index (χ2n) is 5.47. The van der Waals surface area contributed by atoms with Crippen molar-refractivity contribution in [2.75, 3.05) is 6.61 Å². The van der Waals surface area contributed by atoms with Gasteiger partial charge in [0.15, 0.2) is 5.78 Å². The quantitative estimate of drug-likeness (QED) is 0.873. The molecule has 0 saturated heterocycles. The average molecular weight is 294 g/mol. The van der Waals surface area contributed by atoms with Crippen molar-refractivity contribution in [3.63, 3.8) is 0 Å². The van der Waals surface area contributed by atoms with E-state index in [0.29, 0.717) is 24.3 Å². The summed E-state index contributed by atoms with van der Waals surface area (Å²) < 4.78 is 5.53. The zero-order valence-electron chi connectivity index (χ0n) is 12.5. The highest BCUT2D eigenvalue weighted by atomic mass is 16.5. The summed E-state index contributed by atoms with van der Waals surface area (Å²) in [4.78, 5) is 11.2. The number of phenols is 1. The molecule has 2 aromatic rings. The van der Waals surface area contributed by atoms with E-state index in [9.17, 15) is 9.90 Å². The van der Waals surface area contributed by atoms with E-state index in [1.165, 1.54) is 0 Å². The molecule has 3 rings (SSSR count). The van der Waals surface area contributed by atoms with E-state index in [4.69, 9.17) is 4.74 Å². The molecule has 0 unspecified atom stereocenters. The van der Waals surface area contributed by atoms with Crippen LogP contribution in [0, 0.1) is 0 Å². The monoisotopic (exact) mass is 294 g/mol. The number of carbonyl (C=O) groups excluding carboxylic acids is 1. The van der Waals surface area contributed by atoms with Crippen LogP contribution < -0.4 is 4.74 Å². The van der Waals surface area contributed by atoms with Crippen LogP contribution >= 0.6 is 0 Å². The second kappa shape index (κ2) is 6.06. The lowest BCUT2D eigenvalue weighted by molar-refractivity contribution is 0.101. The number of carbonyl (C=O) groups is 1. The largest absolute Gasteiger partial charge is 0.508 e. The first-order chi connectivity index (χ1) is 10.6. The normalized spacial score (nSPS) is 13.1. The number of phenolic OH excluding ortho intramolecular Hbond substituents is 1. The topological polar surface area (TPSA) is 46.5 Å². The van der Waals surface area contributed by atoms with Crippen LogP contribution in [0.5, 0.6) is 11.5 Å². The predicted octanol–water partition coefficient (Wildman–Crippen LogP) is 3.79. The lowest BCUT2D eigenvalue weighted by atomic mass is 10.0. The SMILES string of the molecule is CC(=O)c1ccc(/C=C/Cc2cc3c(cc2O)CCO3)cc1. The Kier molecular flexibility index (Phi) is 3.96. The molecular formula is C19H18O3. The van der Waals surface area contributed by atoms with Gasteiger partial charge in [0.05, 0.1) is 6.61 Å². The number of benzene rings is 2. The maximum Gasteiger partial charge on any atom is 0.159 e. The third-order valence-corrected chi connectivity index (χ3v) is 3.86. The van der Waals surface area contributed by atoms with Crippen LogP contribution in [0.4, 0.5) is 0 Å². The Labute approximate surface area is 129 Å². The van der Waals surface area contributed by atoms with E-state index in [1.54, 1.807) is 13.0 Å². The first-order valence-corrected chi connectivity index (χ1v) is 7.38. The summed E-state index contributed by atoms with van der Waals surface area (Å²) in [5.74, 6) is 1.27. The van der Waals surface area contributed by atoms with Gasteiger partial charge in [0.25, 0.3) is 0 Å². The molecular weight excluding hydrogens is 276 g/mol. The molecule has 0 bridgehead atoms. The lowest BCUT2D eigenvalue weighted by Crippen LogP contribution is -1.90. The van der Waals surface area contributed by atoms with Crippen molar-refractivity contribution < 1.29 is 14.6 Å². The number of ether oxygens (including phenoxy) is 1. The molecule has 0 fully saturated rings. The van der Waals surface area contributed by atoms with Gasteiger partial charge in [-0.05, 0) is 31.0 Å². The number of aromatic hydroxyl groups is 1. The number of ketones is 1. The Morgan fingerprint density at radius 3 is 2.77 bits per heavy atom. The van der Waals surface area contributed by atoms with Crippen molar-refractivity contribution >= 4 is 11.9 Å². The van der Waals surface area contributed by atoms with Crippen molar-refractivity contribution in [1.29, 1.82) is 0 Å². The van der Waals surface area contributed by atoms with Gasteiger partial charge < -0.3 is 9.84 Å². The molecule has 0 radical (unpaired) electrons. The Hall–Kier alpha value is -2.55. The summed E-state index contributed by atoms with van der Waals surface area (Å²) in [5, 5.41) is 10.0. The van der Waals surface area contributed by atoms with E-state index in [1.807, 2.05) is 42.5 Å². The standard InChI is InChI=1S/C19H18O3/c1-13(20)15-7-5-14(6-8-15)3-2-4-16-12-19-17(9-10-22-19)11-18(16)21/h2-3,5-8,11-12,21H,4,9-10H2,1H3/b3-2+. The molecule has 3 nitrogen and oxygen atoms in total. The molecule has 0 spiro atoms. The van der Waals surface area contributed by atoms with Gasteiger partial charge in [0.1, 0.15) is 11.5 Å². The maximum atomic E-state index is 11.2. The molecule has 1 aliphatic rings. The Balaban J connectivity index is 1.70. The van der Waals surface area contributed by atoms with Crippen LogP contribution in [-0.2, 0) is 12.8 Å². The van der Waals surface area contributed by atoms with Gasteiger partial charge in [0.2, 0.25) is 0 Å². The molecule has 2 aromatic carbocycles. The predicted molar refractivity (Wildman–Crippen MR) is 86.5 cm³/mol. The Morgan fingerprint density at radius 2 is 2.05 bits per heavy atom. The number of hydrogen-bond donors (Lipinski definition) is 1. The van der Waals surface area contributed by atoms with Crippen molar-refractivity contribution in [2.45, 2.75) is 19.8 Å². The highest BCUT2D eigenvalue weighted by Gasteiger charge is 2.14. The molecule has 3 heteroatoms. The number of Topliss-reactive ketones (excluding diaryl/α,β-unsaturated/α-hetero) is 1. The summed E-state index contributed by atoms with van der Waals surface area (Å²) in [6.45, 7) is 2.25. The summed E-state index contributed by atoms with van der Waals surface area (Å²) in [7, 11) is 0. The molecule has 0 aromatic heterocycles. The smallest absolute Gasteiger partial charge is 0.159 e. The molecule has 0 aliphatic carbocycles. The van der Waals surface area contributed by atoms with Crippen LogP contribution in [0.2, 0.25) is 0 Å². The minimum absolute atomic E-state index is 0.0681. The van der Waals surface area contributed by atoms with E-state index in [2.05, 4.69) is 0 Å². The summed E-state index contributed by atoms with van der Waals surface area (Å²) in [5.41, 5.74) is 3.68. The molecule has 1 aliphatic heterocycles. The molecule has 22 heavy (non-hydrogen) atoms. The van der Waals surface area contributed by atoms with Gasteiger partial charge in [-0.3, -0.25) is 4.79 Å². The average Bonchev–Trinajstić information content (AvgIpc) is 2.95. The third kappa shape index (κ3) is 3.03. The van der Waals surface area contributed by atoms with Gasteiger partial charge in [-0.15, -0.1) is 0 Å². The number of allylic oxidation sites excluding steroid dienone is 1. The van der Waals surface area contributed by atoms with Crippen molar-refractivity contribution in [3.8, 4) is 11.5 Å². The molecule has 112 valence electrons. The van der Waals surface area contributed by atoms with E-state index < -0.39 is 0 Å². The van der Waals surface area contributed by atoms with Crippen LogP contribution in [0.1, 0.15) is 34.0 Å². The van der Waals surface area contributed by atoms with Crippen molar-refractivity contribution in [3.05, 3.63) is 64.7 Å². The van der Waals surface area contributed by atoms with Crippen LogP contribution in [0.15, 0.2) is 42.5 Å².